The SMILES string of the molecule is Cc1cc(I)ccc1NC(=O)CSCC(N)C(=O)O. The smallest absolute Gasteiger partial charge is 0.321 e. The van der Waals surface area contributed by atoms with Crippen molar-refractivity contribution in [1.29, 1.82) is 0 Å². The van der Waals surface area contributed by atoms with E-state index in [1.54, 1.807) is 0 Å². The molecule has 1 unspecified atom stereocenters. The Morgan fingerprint density at radius 2 is 2.21 bits per heavy atom. The number of carbonyl (C=O) groups excluding carboxylic acids is 1. The van der Waals surface area contributed by atoms with Crippen molar-refractivity contribution in [2.24, 2.45) is 5.73 Å². The number of nitrogens with two attached hydrogens (primary N) is 1. The molecule has 0 fully saturated rings. The van der Waals surface area contributed by atoms with Gasteiger partial charge in [-0.3, -0.25) is 9.59 Å². The van der Waals surface area contributed by atoms with Gasteiger partial charge in [-0.2, -0.15) is 0 Å². The fourth-order valence-corrected chi connectivity index (χ4v) is 2.72. The Morgan fingerprint density at radius 3 is 2.79 bits per heavy atom. The average molecular weight is 394 g/mol. The zero-order valence-corrected chi connectivity index (χ0v) is 13.3. The van der Waals surface area contributed by atoms with Gasteiger partial charge in [-0.05, 0) is 53.3 Å². The number of carboxylic acid groups (broad SMARTS) is 1. The quantitative estimate of drug-likeness (QED) is 0.639. The summed E-state index contributed by atoms with van der Waals surface area (Å²) in [5.74, 6) is -0.811. The van der Waals surface area contributed by atoms with Gasteiger partial charge in [0.2, 0.25) is 5.91 Å². The molecule has 5 nitrogen and oxygen atoms in total. The monoisotopic (exact) mass is 394 g/mol. The first-order valence-electron chi connectivity index (χ1n) is 5.52. The van der Waals surface area contributed by atoms with Crippen molar-refractivity contribution in [3.8, 4) is 0 Å². The molecule has 4 N–H and O–H groups in total. The van der Waals surface area contributed by atoms with Gasteiger partial charge in [0.15, 0.2) is 0 Å². The molecule has 0 saturated carbocycles. The van der Waals surface area contributed by atoms with Crippen LogP contribution in [0.4, 0.5) is 5.69 Å². The maximum atomic E-state index is 11.7. The Hall–Kier alpha value is -0.800. The van der Waals surface area contributed by atoms with Crippen LogP contribution in [-0.2, 0) is 9.59 Å². The number of halogens is 1. The van der Waals surface area contributed by atoms with E-state index in [1.165, 1.54) is 11.8 Å². The minimum absolute atomic E-state index is 0.160. The number of amides is 1. The molecule has 0 radical (unpaired) electrons. The van der Waals surface area contributed by atoms with E-state index in [2.05, 4.69) is 27.9 Å². The maximum absolute atomic E-state index is 11.7. The van der Waals surface area contributed by atoms with Gasteiger partial charge in [-0.15, -0.1) is 11.8 Å². The molecule has 0 saturated heterocycles. The minimum atomic E-state index is -1.05. The van der Waals surface area contributed by atoms with E-state index < -0.39 is 12.0 Å². The zero-order chi connectivity index (χ0) is 14.4. The third kappa shape index (κ3) is 5.79. The Morgan fingerprint density at radius 1 is 1.53 bits per heavy atom. The molecule has 0 heterocycles. The van der Waals surface area contributed by atoms with Crippen LogP contribution in [0.1, 0.15) is 5.56 Å². The Balaban J connectivity index is 2.41. The van der Waals surface area contributed by atoms with Crippen molar-refractivity contribution in [1.82, 2.24) is 0 Å². The molecule has 1 aromatic carbocycles. The molecule has 0 spiro atoms. The summed E-state index contributed by atoms with van der Waals surface area (Å²) in [5.41, 5.74) is 7.11. The minimum Gasteiger partial charge on any atom is -0.480 e. The lowest BCUT2D eigenvalue weighted by Crippen LogP contribution is -2.33. The molecular weight excluding hydrogens is 379 g/mol. The number of benzene rings is 1. The van der Waals surface area contributed by atoms with Crippen LogP contribution in [0.25, 0.3) is 0 Å². The summed E-state index contributed by atoms with van der Waals surface area (Å²) in [6.07, 6.45) is 0. The molecule has 104 valence electrons. The largest absolute Gasteiger partial charge is 0.480 e. The second-order valence-corrected chi connectivity index (χ2v) is 6.24. The molecule has 7 heteroatoms. The molecule has 1 atom stereocenters. The van der Waals surface area contributed by atoms with Crippen LogP contribution < -0.4 is 11.1 Å². The summed E-state index contributed by atoms with van der Waals surface area (Å²) < 4.78 is 1.11. The van der Waals surface area contributed by atoms with Crippen LogP contribution >= 0.6 is 34.4 Å². The first-order chi connectivity index (χ1) is 8.90. The van der Waals surface area contributed by atoms with Crippen LogP contribution in [0.15, 0.2) is 18.2 Å². The van der Waals surface area contributed by atoms with Gasteiger partial charge in [0, 0.05) is 15.0 Å². The van der Waals surface area contributed by atoms with Crippen molar-refractivity contribution < 1.29 is 14.7 Å². The van der Waals surface area contributed by atoms with E-state index in [0.717, 1.165) is 14.8 Å². The van der Waals surface area contributed by atoms with E-state index in [4.69, 9.17) is 10.8 Å². The summed E-state index contributed by atoms with van der Waals surface area (Å²) in [6, 6.07) is 4.81. The van der Waals surface area contributed by atoms with Crippen LogP contribution in [0, 0.1) is 10.5 Å². The number of thioether (sulfide) groups is 1. The molecular formula is C12H15IN2O3S. The lowest BCUT2D eigenvalue weighted by molar-refractivity contribution is -0.137. The van der Waals surface area contributed by atoms with Gasteiger partial charge >= 0.3 is 5.97 Å². The van der Waals surface area contributed by atoms with Gasteiger partial charge in [-0.1, -0.05) is 0 Å². The number of aryl methyl sites for hydroxylation is 1. The lowest BCUT2D eigenvalue weighted by Gasteiger charge is -2.09. The number of carbonyl (C=O) groups is 2. The highest BCUT2D eigenvalue weighted by molar-refractivity contribution is 14.1. The average Bonchev–Trinajstić information content (AvgIpc) is 2.32. The van der Waals surface area contributed by atoms with Crippen molar-refractivity contribution in [2.75, 3.05) is 16.8 Å². The Bertz CT molecular complexity index is 482. The maximum Gasteiger partial charge on any atom is 0.321 e. The number of rotatable bonds is 6. The lowest BCUT2D eigenvalue weighted by atomic mass is 10.2. The molecule has 0 bridgehead atoms. The van der Waals surface area contributed by atoms with E-state index in [0.29, 0.717) is 0 Å². The van der Waals surface area contributed by atoms with E-state index in [9.17, 15) is 9.59 Å². The van der Waals surface area contributed by atoms with E-state index in [-0.39, 0.29) is 17.4 Å². The fourth-order valence-electron chi connectivity index (χ4n) is 1.30. The van der Waals surface area contributed by atoms with Gasteiger partial charge in [0.25, 0.3) is 0 Å². The number of hydrogen-bond acceptors (Lipinski definition) is 4. The second kappa shape index (κ2) is 7.71. The summed E-state index contributed by atoms with van der Waals surface area (Å²) in [5, 5.41) is 11.4. The van der Waals surface area contributed by atoms with Gasteiger partial charge < -0.3 is 16.2 Å². The number of hydrogen-bond donors (Lipinski definition) is 3. The van der Waals surface area contributed by atoms with Crippen molar-refractivity contribution in [2.45, 2.75) is 13.0 Å². The zero-order valence-electron chi connectivity index (χ0n) is 10.4. The molecule has 0 aliphatic heterocycles. The third-order valence-electron chi connectivity index (χ3n) is 2.31. The van der Waals surface area contributed by atoms with E-state index in [1.807, 2.05) is 25.1 Å². The molecule has 1 amide bonds. The van der Waals surface area contributed by atoms with Gasteiger partial charge in [0.1, 0.15) is 6.04 Å². The standard InChI is InChI=1S/C12H15IN2O3S/c1-7-4-8(13)2-3-10(7)15-11(16)6-19-5-9(14)12(17)18/h2-4,9H,5-6,14H2,1H3,(H,15,16)(H,17,18). The number of nitrogens with one attached hydrogen (secondary N) is 1. The molecule has 1 aromatic rings. The number of anilines is 1. The molecule has 19 heavy (non-hydrogen) atoms. The van der Waals surface area contributed by atoms with Crippen LogP contribution in [0.5, 0.6) is 0 Å². The second-order valence-electron chi connectivity index (χ2n) is 3.97. The summed E-state index contributed by atoms with van der Waals surface area (Å²) >= 11 is 3.41. The van der Waals surface area contributed by atoms with E-state index >= 15 is 0 Å². The topological polar surface area (TPSA) is 92.4 Å². The van der Waals surface area contributed by atoms with Crippen LogP contribution in [0.2, 0.25) is 0 Å². The first-order valence-corrected chi connectivity index (χ1v) is 7.75. The number of carboxylic acids is 1. The van der Waals surface area contributed by atoms with Crippen LogP contribution in [0.3, 0.4) is 0 Å². The highest BCUT2D eigenvalue weighted by atomic mass is 127. The number of aliphatic carboxylic acids is 1. The predicted molar refractivity (Wildman–Crippen MR) is 85.5 cm³/mol. The Labute approximate surface area is 129 Å². The third-order valence-corrected chi connectivity index (χ3v) is 4.04. The summed E-state index contributed by atoms with van der Waals surface area (Å²) in [6.45, 7) is 1.92. The van der Waals surface area contributed by atoms with Crippen molar-refractivity contribution in [3.63, 3.8) is 0 Å². The Kier molecular flexibility index (Phi) is 6.59. The highest BCUT2D eigenvalue weighted by Crippen LogP contribution is 2.18. The van der Waals surface area contributed by atoms with Crippen LogP contribution in [-0.4, -0.2) is 34.5 Å². The van der Waals surface area contributed by atoms with Gasteiger partial charge in [-0.25, -0.2) is 0 Å². The van der Waals surface area contributed by atoms with Gasteiger partial charge in [0.05, 0.1) is 5.75 Å². The fraction of sp³-hybridized carbons (Fsp3) is 0.333. The molecule has 0 aromatic heterocycles. The predicted octanol–water partition coefficient (Wildman–Crippen LogP) is 1.68. The highest BCUT2D eigenvalue weighted by Gasteiger charge is 2.12. The van der Waals surface area contributed by atoms with Crippen molar-refractivity contribution in [3.05, 3.63) is 27.3 Å². The van der Waals surface area contributed by atoms with Crippen molar-refractivity contribution >= 4 is 51.9 Å². The summed E-state index contributed by atoms with van der Waals surface area (Å²) in [7, 11) is 0. The molecule has 0 aliphatic carbocycles. The molecule has 0 aliphatic rings. The first kappa shape index (κ1) is 16.3. The molecule has 1 rings (SSSR count). The summed E-state index contributed by atoms with van der Waals surface area (Å²) in [4.78, 5) is 22.2. The normalized spacial score (nSPS) is 11.9.